The molecule has 9 heterocycles. The Kier molecular flexibility index (Phi) is 18.5. The lowest BCUT2D eigenvalue weighted by Gasteiger charge is -2.37. The molecular formula is C79H76F6N22O4S. The van der Waals surface area contributed by atoms with Crippen LogP contribution in [0.4, 0.5) is 26.3 Å². The number of aromatic nitrogens is 21. The minimum absolute atomic E-state index is 0.0268. The highest BCUT2D eigenvalue weighted by molar-refractivity contribution is 7.90. The van der Waals surface area contributed by atoms with Gasteiger partial charge in [-0.25, -0.2) is 74.0 Å². The number of aliphatic hydroxyl groups is 1. The molecule has 1 amide bonds. The largest absolute Gasteiger partial charge is 0.396 e. The molecule has 3 fully saturated rings. The lowest BCUT2D eigenvalue weighted by molar-refractivity contribution is -0.118. The second-order valence-corrected chi connectivity index (χ2v) is 33.7. The first kappa shape index (κ1) is 74.6. The number of rotatable bonds is 18. The minimum atomic E-state index is -3.14. The van der Waals surface area contributed by atoms with Gasteiger partial charge >= 0.3 is 0 Å². The number of hydrogen-bond donors (Lipinski definition) is 2. The van der Waals surface area contributed by atoms with E-state index in [0.717, 1.165) is 83.7 Å². The molecule has 3 saturated carbocycles. The summed E-state index contributed by atoms with van der Waals surface area (Å²) >= 11 is 0. The van der Waals surface area contributed by atoms with Gasteiger partial charge in [-0.1, -0.05) is 66.7 Å². The van der Waals surface area contributed by atoms with Crippen molar-refractivity contribution in [3.63, 3.8) is 0 Å². The third kappa shape index (κ3) is 12.1. The zero-order chi connectivity index (χ0) is 78.8. The van der Waals surface area contributed by atoms with E-state index in [2.05, 4.69) is 117 Å². The topological polar surface area (TPSA) is 344 Å². The second kappa shape index (κ2) is 27.8. The number of fused-ring (bicyclic) bond motifs is 15. The van der Waals surface area contributed by atoms with E-state index in [1.165, 1.54) is 82.9 Å². The summed E-state index contributed by atoms with van der Waals surface area (Å²) < 4.78 is 113. The van der Waals surface area contributed by atoms with Crippen molar-refractivity contribution in [2.24, 2.45) is 27.9 Å². The van der Waals surface area contributed by atoms with E-state index in [1.807, 2.05) is 13.0 Å². The first-order chi connectivity index (χ1) is 53.5. The molecule has 12 aromatic rings. The number of carbonyl (C=O) groups is 1. The van der Waals surface area contributed by atoms with Crippen LogP contribution in [-0.2, 0) is 50.3 Å². The van der Waals surface area contributed by atoms with Crippen molar-refractivity contribution >= 4 is 15.7 Å². The molecule has 7 atom stereocenters. The van der Waals surface area contributed by atoms with Crippen LogP contribution in [0.2, 0.25) is 0 Å². The summed E-state index contributed by atoms with van der Waals surface area (Å²) in [7, 11) is -3.14. The zero-order valence-electron chi connectivity index (χ0n) is 62.2. The van der Waals surface area contributed by atoms with Crippen molar-refractivity contribution in [3.8, 4) is 56.9 Å². The van der Waals surface area contributed by atoms with E-state index in [4.69, 9.17) is 20.7 Å². The van der Waals surface area contributed by atoms with Gasteiger partial charge in [-0.15, -0.1) is 30.6 Å². The van der Waals surface area contributed by atoms with Crippen molar-refractivity contribution in [3.05, 3.63) is 226 Å². The summed E-state index contributed by atoms with van der Waals surface area (Å²) in [4.78, 5) is 49.2. The number of aliphatic hydroxyl groups excluding tert-OH is 1. The Labute approximate surface area is 638 Å². The molecule has 0 radical (unpaired) electrons. The standard InChI is InChI=1S/C27H27F2N7O.C26H24F2N8O.C26H25F2N7O2S/c1-15(14-37)13-36-31-12-21(35-36)25-30-10-8-22(32-25)27-9-7-17(26(27,2)3)16-11-20(33-34-24(16)27)23-18(28)5-4-6-19(23)29;1-25(2)15-8-9-26(25,24-14(15)10-18(33-34-24)23-16(27)4-3-5-17(23)28)19-11-30-12-22(32-19)36-13-31-21(35-36)7-6-20(29)37;1-25(2)16-7-9-26(25,24-15(16)11-19(32-33-24)23-17(27)5-4-6-18(23)28)20-12-29-13-22(31-20)35-14-30-21(34-35)8-10-38(3,36)37/h4-6,8,10-12,15,17,37H,7,9,13-14H2,1-3H3;3-5,10-13,15H,6-9H2,1-2H3,(H2,29,37);4-6,11-14,16H,7-10H2,1-3H3/t15-,17-,27-;15-,26-;16-,26-/m000/s1. The van der Waals surface area contributed by atoms with E-state index in [1.54, 1.807) is 60.2 Å². The minimum Gasteiger partial charge on any atom is -0.396 e. The number of sulfone groups is 1. The molecule has 0 saturated heterocycles. The lowest BCUT2D eigenvalue weighted by Crippen LogP contribution is -2.38. The van der Waals surface area contributed by atoms with Crippen LogP contribution in [0.25, 0.3) is 56.9 Å². The van der Waals surface area contributed by atoms with E-state index in [-0.39, 0.29) is 98.9 Å². The molecule has 0 aliphatic heterocycles. The van der Waals surface area contributed by atoms with Crippen molar-refractivity contribution in [1.82, 2.24) is 105 Å². The highest BCUT2D eigenvalue weighted by Gasteiger charge is 2.68. The average Bonchev–Trinajstić information content (AvgIpc) is 1.53. The molecule has 574 valence electrons. The summed E-state index contributed by atoms with van der Waals surface area (Å²) in [6.45, 7) is 15.5. The molecule has 6 bridgehead atoms. The Balaban J connectivity index is 0.000000127. The summed E-state index contributed by atoms with van der Waals surface area (Å²) in [5.41, 5.74) is 10.6. The molecule has 112 heavy (non-hydrogen) atoms. The maximum Gasteiger partial charge on any atom is 0.217 e. The number of carbonyl (C=O) groups excluding carboxylic acids is 1. The van der Waals surface area contributed by atoms with Gasteiger partial charge in [0.05, 0.1) is 115 Å². The maximum atomic E-state index is 14.5. The van der Waals surface area contributed by atoms with Gasteiger partial charge < -0.3 is 10.8 Å². The molecule has 3 N–H and O–H groups in total. The van der Waals surface area contributed by atoms with Crippen molar-refractivity contribution in [2.45, 2.75) is 147 Å². The number of nitrogens with zero attached hydrogens (tertiary/aromatic N) is 21. The first-order valence-corrected chi connectivity index (χ1v) is 38.8. The maximum absolute atomic E-state index is 14.5. The van der Waals surface area contributed by atoms with Gasteiger partial charge in [-0.2, -0.15) is 25.2 Å². The van der Waals surface area contributed by atoms with E-state index >= 15 is 0 Å². The third-order valence-electron chi connectivity index (χ3n) is 24.4. The van der Waals surface area contributed by atoms with Gasteiger partial charge in [0.1, 0.15) is 63.1 Å². The summed E-state index contributed by atoms with van der Waals surface area (Å²) in [6, 6.07) is 18.6. The van der Waals surface area contributed by atoms with E-state index < -0.39 is 66.9 Å². The van der Waals surface area contributed by atoms with Gasteiger partial charge in [-0.05, 0) is 150 Å². The Bertz CT molecular complexity index is 5800. The number of primary amides is 1. The van der Waals surface area contributed by atoms with Crippen LogP contribution < -0.4 is 5.73 Å². The molecule has 9 aromatic heterocycles. The normalized spacial score (nSPS) is 21.7. The highest BCUT2D eigenvalue weighted by atomic mass is 32.2. The molecule has 0 unspecified atom stereocenters. The SMILES string of the molecule is CC1(C)[C@H]2CC[C@]1(c1cncc(-n3cnc(CCC(N)=O)n3)n1)c1nnc(-c3c(F)cccc3F)cc12.CC1(C)[C@H]2CC[C@]1(c1cncc(-n3cnc(CCS(C)(=O)=O)n3)n1)c1nnc(-c3c(F)cccc3F)cc12.C[C@H](CO)Cn1ncc(-c2nccc([C@@]34CC[C@@H](c5cc(-c6c(F)cccc6F)nnc53)C4(C)C)n2)n1. The molecule has 6 aliphatic rings. The number of nitrogens with two attached hydrogens (primary N) is 1. The van der Waals surface area contributed by atoms with Crippen molar-refractivity contribution in [2.75, 3.05) is 18.6 Å². The Hall–Kier alpha value is -11.5. The van der Waals surface area contributed by atoms with Crippen LogP contribution in [0.1, 0.15) is 174 Å². The third-order valence-corrected chi connectivity index (χ3v) is 25.4. The number of benzene rings is 3. The summed E-state index contributed by atoms with van der Waals surface area (Å²) in [5, 5.41) is 53.5. The molecular weight excluding hydrogens is 1470 g/mol. The Morgan fingerprint density at radius 2 is 0.946 bits per heavy atom. The fraction of sp³-hybridized carbons (Fsp3) is 0.380. The monoisotopic (exact) mass is 1540 g/mol. The molecule has 0 spiro atoms. The van der Waals surface area contributed by atoms with Crippen LogP contribution in [0.15, 0.2) is 129 Å². The lowest BCUT2D eigenvalue weighted by atomic mass is 9.66. The summed E-state index contributed by atoms with van der Waals surface area (Å²) in [6.07, 6.45) is 19.9. The van der Waals surface area contributed by atoms with Gasteiger partial charge in [0.25, 0.3) is 0 Å². The van der Waals surface area contributed by atoms with Crippen LogP contribution in [0.3, 0.4) is 0 Å². The highest BCUT2D eigenvalue weighted by Crippen LogP contribution is 2.72. The smallest absolute Gasteiger partial charge is 0.217 e. The van der Waals surface area contributed by atoms with Gasteiger partial charge in [0, 0.05) is 56.6 Å². The van der Waals surface area contributed by atoms with Crippen LogP contribution in [-0.4, -0.2) is 143 Å². The van der Waals surface area contributed by atoms with Crippen LogP contribution >= 0.6 is 0 Å². The zero-order valence-corrected chi connectivity index (χ0v) is 63.1. The van der Waals surface area contributed by atoms with Crippen LogP contribution in [0.5, 0.6) is 0 Å². The molecule has 33 heteroatoms. The Morgan fingerprint density at radius 3 is 1.35 bits per heavy atom. The van der Waals surface area contributed by atoms with E-state index in [9.17, 15) is 44.7 Å². The summed E-state index contributed by atoms with van der Waals surface area (Å²) in [5.74, 6) is -1.85. The molecule has 26 nitrogen and oxygen atoms in total. The number of hydrogen-bond acceptors (Lipinski definition) is 22. The number of aryl methyl sites for hydroxylation is 2. The number of amides is 1. The van der Waals surface area contributed by atoms with Crippen LogP contribution in [0, 0.1) is 57.1 Å². The van der Waals surface area contributed by atoms with Gasteiger partial charge in [0.15, 0.2) is 29.1 Å². The van der Waals surface area contributed by atoms with E-state index in [0.29, 0.717) is 53.5 Å². The Morgan fingerprint density at radius 1 is 0.536 bits per heavy atom. The van der Waals surface area contributed by atoms with Gasteiger partial charge in [-0.3, -0.25) is 14.8 Å². The predicted molar refractivity (Wildman–Crippen MR) is 394 cm³/mol. The fourth-order valence-electron chi connectivity index (χ4n) is 18.7. The van der Waals surface area contributed by atoms with Crippen molar-refractivity contribution < 1.29 is 44.7 Å². The quantitative estimate of drug-likeness (QED) is 0.0754. The predicted octanol–water partition coefficient (Wildman–Crippen LogP) is 11.3. The molecule has 18 rings (SSSR count). The second-order valence-electron chi connectivity index (χ2n) is 31.5. The van der Waals surface area contributed by atoms with Gasteiger partial charge in [0.2, 0.25) is 5.91 Å². The average molecular weight is 1540 g/mol. The molecule has 6 aliphatic carbocycles. The fourth-order valence-corrected chi connectivity index (χ4v) is 19.3. The molecule has 3 aromatic carbocycles. The van der Waals surface area contributed by atoms with Crippen molar-refractivity contribution in [1.29, 1.82) is 0 Å². The number of halogens is 6. The first-order valence-electron chi connectivity index (χ1n) is 36.7.